The Morgan fingerprint density at radius 3 is 2.76 bits per heavy atom. The Labute approximate surface area is 107 Å². The number of nitrogens with zero attached hydrogens (tertiary/aromatic N) is 1. The van der Waals surface area contributed by atoms with Gasteiger partial charge < -0.3 is 14.4 Å². The average Bonchev–Trinajstić information content (AvgIpc) is 2.85. The number of carbonyl (C=O) groups excluding carboxylic acids is 1. The van der Waals surface area contributed by atoms with Gasteiger partial charge in [0.15, 0.2) is 4.67 Å². The van der Waals surface area contributed by atoms with E-state index in [9.17, 15) is 9.59 Å². The molecule has 92 valence electrons. The second-order valence-corrected chi connectivity index (χ2v) is 5.17. The summed E-state index contributed by atoms with van der Waals surface area (Å²) < 4.78 is 5.38. The molecule has 2 heterocycles. The van der Waals surface area contributed by atoms with Crippen LogP contribution >= 0.6 is 15.9 Å². The molecule has 1 unspecified atom stereocenters. The van der Waals surface area contributed by atoms with Crippen molar-refractivity contribution in [2.24, 2.45) is 5.41 Å². The fraction of sp³-hybridized carbons (Fsp3) is 0.455. The van der Waals surface area contributed by atoms with Gasteiger partial charge in [-0.1, -0.05) is 0 Å². The van der Waals surface area contributed by atoms with Crippen LogP contribution in [0.5, 0.6) is 0 Å². The average molecular weight is 302 g/mol. The standard InChI is InChI=1S/C11H12BrNO4/c1-11(10(15)16)3-4-13(6-11)9(14)7-2-5-17-8(7)12/h2,5H,3-4,6H2,1H3,(H,15,16). The summed E-state index contributed by atoms with van der Waals surface area (Å²) in [6, 6.07) is 1.57. The predicted molar refractivity (Wildman–Crippen MR) is 62.7 cm³/mol. The van der Waals surface area contributed by atoms with Crippen LogP contribution in [0.2, 0.25) is 0 Å². The van der Waals surface area contributed by atoms with Crippen molar-refractivity contribution in [1.82, 2.24) is 4.90 Å². The Morgan fingerprint density at radius 2 is 2.29 bits per heavy atom. The largest absolute Gasteiger partial charge is 0.481 e. The maximum atomic E-state index is 12.1. The molecular formula is C11H12BrNO4. The summed E-state index contributed by atoms with van der Waals surface area (Å²) in [5.74, 6) is -1.06. The van der Waals surface area contributed by atoms with E-state index in [1.165, 1.54) is 6.26 Å². The Hall–Kier alpha value is -1.30. The van der Waals surface area contributed by atoms with Gasteiger partial charge in [-0.3, -0.25) is 9.59 Å². The van der Waals surface area contributed by atoms with Gasteiger partial charge in [0, 0.05) is 13.1 Å². The van der Waals surface area contributed by atoms with Gasteiger partial charge in [0.1, 0.15) is 0 Å². The molecule has 5 nitrogen and oxygen atoms in total. The number of amides is 1. The van der Waals surface area contributed by atoms with Crippen molar-refractivity contribution in [2.75, 3.05) is 13.1 Å². The van der Waals surface area contributed by atoms with Crippen LogP contribution in [0.1, 0.15) is 23.7 Å². The van der Waals surface area contributed by atoms with Gasteiger partial charge >= 0.3 is 5.97 Å². The van der Waals surface area contributed by atoms with Crippen molar-refractivity contribution < 1.29 is 19.1 Å². The molecule has 2 rings (SSSR count). The third-order valence-electron chi connectivity index (χ3n) is 3.13. The number of carboxylic acids is 1. The van der Waals surface area contributed by atoms with Gasteiger partial charge in [0.25, 0.3) is 5.91 Å². The summed E-state index contributed by atoms with van der Waals surface area (Å²) in [6.45, 7) is 2.35. The van der Waals surface area contributed by atoms with Crippen LogP contribution in [0.4, 0.5) is 0 Å². The van der Waals surface area contributed by atoms with E-state index in [4.69, 9.17) is 9.52 Å². The number of hydrogen-bond acceptors (Lipinski definition) is 3. The maximum Gasteiger partial charge on any atom is 0.311 e. The zero-order valence-electron chi connectivity index (χ0n) is 9.27. The van der Waals surface area contributed by atoms with E-state index >= 15 is 0 Å². The van der Waals surface area contributed by atoms with Gasteiger partial charge in [0.05, 0.1) is 17.2 Å². The van der Waals surface area contributed by atoms with E-state index in [0.29, 0.717) is 23.2 Å². The van der Waals surface area contributed by atoms with Gasteiger partial charge in [-0.15, -0.1) is 0 Å². The first-order chi connectivity index (χ1) is 7.94. The van der Waals surface area contributed by atoms with Crippen molar-refractivity contribution in [3.8, 4) is 0 Å². The fourth-order valence-corrected chi connectivity index (χ4v) is 2.34. The summed E-state index contributed by atoms with van der Waals surface area (Å²) in [6.07, 6.45) is 1.90. The smallest absolute Gasteiger partial charge is 0.311 e. The molecule has 1 aromatic rings. The Balaban J connectivity index is 2.15. The third kappa shape index (κ3) is 2.09. The van der Waals surface area contributed by atoms with Crippen molar-refractivity contribution in [3.63, 3.8) is 0 Å². The van der Waals surface area contributed by atoms with E-state index in [1.807, 2.05) is 0 Å². The highest BCUT2D eigenvalue weighted by Crippen LogP contribution is 2.32. The lowest BCUT2D eigenvalue weighted by Gasteiger charge is -2.19. The van der Waals surface area contributed by atoms with Crippen molar-refractivity contribution in [2.45, 2.75) is 13.3 Å². The summed E-state index contributed by atoms with van der Waals surface area (Å²) in [5, 5.41) is 9.09. The Morgan fingerprint density at radius 1 is 1.59 bits per heavy atom. The van der Waals surface area contributed by atoms with Gasteiger partial charge in [-0.05, 0) is 35.3 Å². The number of rotatable bonds is 2. The van der Waals surface area contributed by atoms with Crippen molar-refractivity contribution >= 4 is 27.8 Å². The highest BCUT2D eigenvalue weighted by Gasteiger charge is 2.42. The van der Waals surface area contributed by atoms with Gasteiger partial charge in [0.2, 0.25) is 0 Å². The minimum absolute atomic E-state index is 0.199. The van der Waals surface area contributed by atoms with Crippen LogP contribution in [-0.4, -0.2) is 35.0 Å². The van der Waals surface area contributed by atoms with E-state index in [1.54, 1.807) is 17.9 Å². The van der Waals surface area contributed by atoms with E-state index in [-0.39, 0.29) is 12.5 Å². The molecule has 1 aliphatic heterocycles. The molecule has 0 spiro atoms. The topological polar surface area (TPSA) is 70.8 Å². The van der Waals surface area contributed by atoms with Crippen LogP contribution in [0.3, 0.4) is 0 Å². The zero-order valence-corrected chi connectivity index (χ0v) is 10.9. The molecule has 0 radical (unpaired) electrons. The lowest BCUT2D eigenvalue weighted by Crippen LogP contribution is -2.34. The minimum Gasteiger partial charge on any atom is -0.481 e. The molecule has 0 aromatic carbocycles. The van der Waals surface area contributed by atoms with E-state index < -0.39 is 11.4 Å². The molecule has 1 aromatic heterocycles. The monoisotopic (exact) mass is 301 g/mol. The summed E-state index contributed by atoms with van der Waals surface area (Å²) in [5.41, 5.74) is -0.411. The molecule has 1 atom stereocenters. The molecule has 6 heteroatoms. The quantitative estimate of drug-likeness (QED) is 0.907. The maximum absolute atomic E-state index is 12.1. The summed E-state index contributed by atoms with van der Waals surface area (Å²) in [4.78, 5) is 24.7. The third-order valence-corrected chi connectivity index (χ3v) is 3.74. The Bertz CT molecular complexity index is 470. The highest BCUT2D eigenvalue weighted by atomic mass is 79.9. The molecule has 0 bridgehead atoms. The number of furan rings is 1. The SMILES string of the molecule is CC1(C(=O)O)CCN(C(=O)c2ccoc2Br)C1. The first-order valence-corrected chi connectivity index (χ1v) is 5.99. The second kappa shape index (κ2) is 4.18. The van der Waals surface area contributed by atoms with Crippen LogP contribution in [-0.2, 0) is 4.79 Å². The van der Waals surface area contributed by atoms with Crippen LogP contribution in [0.25, 0.3) is 0 Å². The summed E-state index contributed by atoms with van der Waals surface area (Å²) >= 11 is 3.14. The van der Waals surface area contributed by atoms with Gasteiger partial charge in [-0.25, -0.2) is 0 Å². The number of halogens is 1. The number of carbonyl (C=O) groups is 2. The predicted octanol–water partition coefficient (Wildman–Crippen LogP) is 1.98. The number of likely N-dealkylation sites (tertiary alicyclic amines) is 1. The van der Waals surface area contributed by atoms with E-state index in [2.05, 4.69) is 15.9 Å². The molecule has 1 N–H and O–H groups in total. The molecule has 17 heavy (non-hydrogen) atoms. The molecule has 1 amide bonds. The highest BCUT2D eigenvalue weighted by molar-refractivity contribution is 9.10. The van der Waals surface area contributed by atoms with Gasteiger partial charge in [-0.2, -0.15) is 0 Å². The zero-order chi connectivity index (χ0) is 12.6. The first-order valence-electron chi connectivity index (χ1n) is 5.20. The summed E-state index contributed by atoms with van der Waals surface area (Å²) in [7, 11) is 0. The van der Waals surface area contributed by atoms with E-state index in [0.717, 1.165) is 0 Å². The lowest BCUT2D eigenvalue weighted by atomic mass is 9.90. The first kappa shape index (κ1) is 12.2. The normalized spacial score (nSPS) is 24.0. The number of hydrogen-bond donors (Lipinski definition) is 1. The minimum atomic E-state index is -0.862. The number of carboxylic acid groups (broad SMARTS) is 1. The van der Waals surface area contributed by atoms with Crippen molar-refractivity contribution in [3.05, 3.63) is 22.6 Å². The second-order valence-electron chi connectivity index (χ2n) is 4.45. The molecule has 0 saturated carbocycles. The lowest BCUT2D eigenvalue weighted by molar-refractivity contribution is -0.147. The van der Waals surface area contributed by atoms with Crippen LogP contribution in [0, 0.1) is 5.41 Å². The Kier molecular flexibility index (Phi) is 2.99. The number of aliphatic carboxylic acids is 1. The molecular weight excluding hydrogens is 290 g/mol. The van der Waals surface area contributed by atoms with Crippen LogP contribution < -0.4 is 0 Å². The molecule has 0 aliphatic carbocycles. The van der Waals surface area contributed by atoms with Crippen LogP contribution in [0.15, 0.2) is 21.4 Å². The fourth-order valence-electron chi connectivity index (χ4n) is 1.93. The molecule has 1 aliphatic rings. The molecule has 1 saturated heterocycles. The van der Waals surface area contributed by atoms with Crippen molar-refractivity contribution in [1.29, 1.82) is 0 Å². The molecule has 1 fully saturated rings.